The molecule has 0 spiro atoms. The molecule has 1 rings (SSSR count). The van der Waals surface area contributed by atoms with Crippen molar-refractivity contribution in [2.75, 3.05) is 32.7 Å². The molecule has 84 valence electrons. The minimum atomic E-state index is 1.20. The van der Waals surface area contributed by atoms with Crippen LogP contribution in [0.1, 0.15) is 45.4 Å². The number of rotatable bonds is 7. The van der Waals surface area contributed by atoms with Crippen LogP contribution in [0, 0.1) is 0 Å². The summed E-state index contributed by atoms with van der Waals surface area (Å²) in [7, 11) is 0. The Hall–Kier alpha value is -0.0800. The number of likely N-dealkylation sites (tertiary alicyclic amines) is 1. The van der Waals surface area contributed by atoms with E-state index < -0.39 is 0 Å². The molecule has 1 saturated heterocycles. The fraction of sp³-hybridized carbons (Fsp3) is 1.00. The lowest BCUT2D eigenvalue weighted by Gasteiger charge is -2.26. The van der Waals surface area contributed by atoms with Gasteiger partial charge in [0.1, 0.15) is 0 Å². The Morgan fingerprint density at radius 2 is 1.71 bits per heavy atom. The number of piperidine rings is 1. The molecule has 14 heavy (non-hydrogen) atoms. The van der Waals surface area contributed by atoms with Crippen LogP contribution in [0.3, 0.4) is 0 Å². The zero-order valence-electron chi connectivity index (χ0n) is 9.73. The second-order valence-corrected chi connectivity index (χ2v) is 4.36. The molecule has 0 aromatic rings. The second-order valence-electron chi connectivity index (χ2n) is 4.36. The van der Waals surface area contributed by atoms with Gasteiger partial charge in [-0.1, -0.05) is 19.8 Å². The van der Waals surface area contributed by atoms with Gasteiger partial charge >= 0.3 is 0 Å². The smallest absolute Gasteiger partial charge is 0.000664 e. The van der Waals surface area contributed by atoms with Crippen molar-refractivity contribution in [3.8, 4) is 0 Å². The lowest BCUT2D eigenvalue weighted by atomic mass is 10.1. The highest BCUT2D eigenvalue weighted by molar-refractivity contribution is 4.64. The SMILES string of the molecule is CCCCNCCCN1CCCCC1. The molecule has 0 radical (unpaired) electrons. The molecule has 2 nitrogen and oxygen atoms in total. The third-order valence-electron chi connectivity index (χ3n) is 2.98. The zero-order chi connectivity index (χ0) is 10.1. The normalized spacial score (nSPS) is 18.6. The quantitative estimate of drug-likeness (QED) is 0.631. The Morgan fingerprint density at radius 3 is 2.43 bits per heavy atom. The van der Waals surface area contributed by atoms with Gasteiger partial charge in [-0.05, 0) is 58.4 Å². The first-order chi connectivity index (χ1) is 6.93. The van der Waals surface area contributed by atoms with E-state index >= 15 is 0 Å². The van der Waals surface area contributed by atoms with Gasteiger partial charge in [0.15, 0.2) is 0 Å². The first-order valence-corrected chi connectivity index (χ1v) is 6.36. The second kappa shape index (κ2) is 8.25. The van der Waals surface area contributed by atoms with Gasteiger partial charge < -0.3 is 10.2 Å². The van der Waals surface area contributed by atoms with Gasteiger partial charge in [0, 0.05) is 0 Å². The number of hydrogen-bond acceptors (Lipinski definition) is 2. The Kier molecular flexibility index (Phi) is 7.06. The average molecular weight is 198 g/mol. The summed E-state index contributed by atoms with van der Waals surface area (Å²) in [5.74, 6) is 0. The summed E-state index contributed by atoms with van der Waals surface area (Å²) in [5.41, 5.74) is 0. The van der Waals surface area contributed by atoms with Gasteiger partial charge in [-0.3, -0.25) is 0 Å². The lowest BCUT2D eigenvalue weighted by Crippen LogP contribution is -2.32. The molecule has 0 bridgehead atoms. The van der Waals surface area contributed by atoms with Gasteiger partial charge in [-0.2, -0.15) is 0 Å². The molecule has 0 aromatic carbocycles. The third-order valence-corrected chi connectivity index (χ3v) is 2.98. The third kappa shape index (κ3) is 5.61. The molecule has 1 fully saturated rings. The summed E-state index contributed by atoms with van der Waals surface area (Å²) < 4.78 is 0. The molecule has 0 aliphatic carbocycles. The van der Waals surface area contributed by atoms with Crippen molar-refractivity contribution in [1.82, 2.24) is 10.2 Å². The highest BCUT2D eigenvalue weighted by Gasteiger charge is 2.08. The monoisotopic (exact) mass is 198 g/mol. The maximum atomic E-state index is 3.50. The summed E-state index contributed by atoms with van der Waals surface area (Å²) in [4.78, 5) is 2.62. The van der Waals surface area contributed by atoms with E-state index in [0.717, 1.165) is 0 Å². The van der Waals surface area contributed by atoms with E-state index in [2.05, 4.69) is 17.1 Å². The fourth-order valence-corrected chi connectivity index (χ4v) is 2.04. The van der Waals surface area contributed by atoms with E-state index in [-0.39, 0.29) is 0 Å². The van der Waals surface area contributed by atoms with E-state index in [1.54, 1.807) is 0 Å². The molecule has 2 heteroatoms. The van der Waals surface area contributed by atoms with Crippen molar-refractivity contribution in [3.63, 3.8) is 0 Å². The Labute approximate surface area is 89.1 Å². The van der Waals surface area contributed by atoms with Gasteiger partial charge in [0.2, 0.25) is 0 Å². The van der Waals surface area contributed by atoms with E-state index in [9.17, 15) is 0 Å². The van der Waals surface area contributed by atoms with Gasteiger partial charge in [-0.25, -0.2) is 0 Å². The van der Waals surface area contributed by atoms with Crippen LogP contribution in [-0.4, -0.2) is 37.6 Å². The zero-order valence-corrected chi connectivity index (χ0v) is 9.73. The standard InChI is InChI=1S/C12H26N2/c1-2-3-8-13-9-7-12-14-10-5-4-6-11-14/h13H,2-12H2,1H3. The Morgan fingerprint density at radius 1 is 1.00 bits per heavy atom. The van der Waals surface area contributed by atoms with Gasteiger partial charge in [-0.15, -0.1) is 0 Å². The maximum absolute atomic E-state index is 3.50. The first kappa shape index (κ1) is 12.0. The maximum Gasteiger partial charge on any atom is -0.000664 e. The van der Waals surface area contributed by atoms with Crippen LogP contribution in [0.5, 0.6) is 0 Å². The van der Waals surface area contributed by atoms with Crippen LogP contribution in [0.4, 0.5) is 0 Å². The molecular formula is C12H26N2. The first-order valence-electron chi connectivity index (χ1n) is 6.36. The average Bonchev–Trinajstić information content (AvgIpc) is 2.25. The predicted octanol–water partition coefficient (Wildman–Crippen LogP) is 2.25. The molecule has 1 aliphatic rings. The molecule has 0 unspecified atom stereocenters. The fourth-order valence-electron chi connectivity index (χ4n) is 2.04. The largest absolute Gasteiger partial charge is 0.317 e. The topological polar surface area (TPSA) is 15.3 Å². The molecule has 0 amide bonds. The molecule has 1 N–H and O–H groups in total. The van der Waals surface area contributed by atoms with E-state index in [4.69, 9.17) is 0 Å². The molecule has 0 aromatic heterocycles. The van der Waals surface area contributed by atoms with Crippen LogP contribution in [0.15, 0.2) is 0 Å². The molecule has 1 heterocycles. The summed E-state index contributed by atoms with van der Waals surface area (Å²) in [6.45, 7) is 8.64. The Bertz CT molecular complexity index is 119. The molecule has 1 aliphatic heterocycles. The highest BCUT2D eigenvalue weighted by Crippen LogP contribution is 2.08. The van der Waals surface area contributed by atoms with Gasteiger partial charge in [0.25, 0.3) is 0 Å². The number of unbranched alkanes of at least 4 members (excludes halogenated alkanes) is 1. The van der Waals surface area contributed by atoms with Crippen molar-refractivity contribution in [2.45, 2.75) is 45.4 Å². The highest BCUT2D eigenvalue weighted by atomic mass is 15.1. The minimum Gasteiger partial charge on any atom is -0.317 e. The van der Waals surface area contributed by atoms with Crippen LogP contribution in [-0.2, 0) is 0 Å². The molecule has 0 atom stereocenters. The van der Waals surface area contributed by atoms with Crippen LogP contribution in [0.2, 0.25) is 0 Å². The summed E-state index contributed by atoms with van der Waals surface area (Å²) in [6.07, 6.45) is 8.24. The van der Waals surface area contributed by atoms with Crippen LogP contribution < -0.4 is 5.32 Å². The van der Waals surface area contributed by atoms with Crippen molar-refractivity contribution >= 4 is 0 Å². The molecule has 0 saturated carbocycles. The van der Waals surface area contributed by atoms with Crippen molar-refractivity contribution in [3.05, 3.63) is 0 Å². The van der Waals surface area contributed by atoms with Crippen molar-refractivity contribution in [1.29, 1.82) is 0 Å². The number of nitrogens with one attached hydrogen (secondary N) is 1. The number of nitrogens with zero attached hydrogens (tertiary/aromatic N) is 1. The van der Waals surface area contributed by atoms with E-state index in [0.29, 0.717) is 0 Å². The van der Waals surface area contributed by atoms with Gasteiger partial charge in [0.05, 0.1) is 0 Å². The lowest BCUT2D eigenvalue weighted by molar-refractivity contribution is 0.226. The Balaban J connectivity index is 1.82. The number of hydrogen-bond donors (Lipinski definition) is 1. The van der Waals surface area contributed by atoms with Crippen LogP contribution >= 0.6 is 0 Å². The predicted molar refractivity (Wildman–Crippen MR) is 62.7 cm³/mol. The molecular weight excluding hydrogens is 172 g/mol. The summed E-state index contributed by atoms with van der Waals surface area (Å²) in [5, 5.41) is 3.50. The minimum absolute atomic E-state index is 1.20. The summed E-state index contributed by atoms with van der Waals surface area (Å²) in [6, 6.07) is 0. The van der Waals surface area contributed by atoms with Crippen molar-refractivity contribution in [2.24, 2.45) is 0 Å². The van der Waals surface area contributed by atoms with E-state index in [1.807, 2.05) is 0 Å². The summed E-state index contributed by atoms with van der Waals surface area (Å²) >= 11 is 0. The van der Waals surface area contributed by atoms with E-state index in [1.165, 1.54) is 71.2 Å². The van der Waals surface area contributed by atoms with Crippen LogP contribution in [0.25, 0.3) is 0 Å². The van der Waals surface area contributed by atoms with Crippen molar-refractivity contribution < 1.29 is 0 Å².